The number of benzene rings is 3. The molecule has 0 heterocycles. The van der Waals surface area contributed by atoms with Gasteiger partial charge in [0.25, 0.3) is 0 Å². The SMILES string of the molecule is COc1cc(C(=O)[C@H](OCc2ccccc2)[C@H](O)C[C@@H](C)O[Si](C)(C)C(C)(C)C)c(O)c2c(OC)cccc12. The van der Waals surface area contributed by atoms with E-state index in [0.29, 0.717) is 22.3 Å². The second kappa shape index (κ2) is 12.5. The molecule has 0 radical (unpaired) electrons. The second-order valence-corrected chi connectivity index (χ2v) is 16.2. The molecule has 0 bridgehead atoms. The van der Waals surface area contributed by atoms with Crippen LogP contribution in [0.3, 0.4) is 0 Å². The molecule has 0 aliphatic carbocycles. The molecule has 0 spiro atoms. The van der Waals surface area contributed by atoms with E-state index in [0.717, 1.165) is 5.56 Å². The Kier molecular flexibility index (Phi) is 9.82. The molecule has 3 aromatic rings. The first-order valence-corrected chi connectivity index (χ1v) is 16.1. The fourth-order valence-corrected chi connectivity index (χ4v) is 5.84. The van der Waals surface area contributed by atoms with E-state index in [1.165, 1.54) is 20.3 Å². The number of phenolic OH excluding ortho intramolecular Hbond substituents is 1. The number of ether oxygens (including phenoxy) is 3. The quantitative estimate of drug-likeness (QED) is 0.195. The van der Waals surface area contributed by atoms with Crippen LogP contribution in [-0.4, -0.2) is 56.8 Å². The number of Topliss-reactive ketones (excluding diaryl/α,β-unsaturated/α-hetero) is 1. The van der Waals surface area contributed by atoms with Crippen molar-refractivity contribution in [3.05, 3.63) is 65.7 Å². The van der Waals surface area contributed by atoms with Gasteiger partial charge in [0.2, 0.25) is 0 Å². The minimum absolute atomic E-state index is 0.00225. The van der Waals surface area contributed by atoms with E-state index < -0.39 is 26.3 Å². The third kappa shape index (κ3) is 7.00. The molecule has 2 N–H and O–H groups in total. The maximum absolute atomic E-state index is 14.0. The van der Waals surface area contributed by atoms with Crippen LogP contribution in [0, 0.1) is 0 Å². The summed E-state index contributed by atoms with van der Waals surface area (Å²) >= 11 is 0. The minimum Gasteiger partial charge on any atom is -0.506 e. The highest BCUT2D eigenvalue weighted by Crippen LogP contribution is 2.42. The van der Waals surface area contributed by atoms with Crippen molar-refractivity contribution in [1.82, 2.24) is 0 Å². The van der Waals surface area contributed by atoms with E-state index in [4.69, 9.17) is 18.6 Å². The van der Waals surface area contributed by atoms with Crippen molar-refractivity contribution in [2.45, 2.75) is 77.2 Å². The summed E-state index contributed by atoms with van der Waals surface area (Å²) in [4.78, 5) is 14.0. The van der Waals surface area contributed by atoms with Crippen LogP contribution in [-0.2, 0) is 15.8 Å². The summed E-state index contributed by atoms with van der Waals surface area (Å²) in [5.74, 6) is -0.00600. The number of hydrogen-bond donors (Lipinski definition) is 2. The van der Waals surface area contributed by atoms with Crippen molar-refractivity contribution in [3.63, 3.8) is 0 Å². The maximum atomic E-state index is 14.0. The van der Waals surface area contributed by atoms with Crippen molar-refractivity contribution in [2.75, 3.05) is 14.2 Å². The summed E-state index contributed by atoms with van der Waals surface area (Å²) in [6.45, 7) is 12.8. The average Bonchev–Trinajstić information content (AvgIpc) is 2.88. The third-order valence-corrected chi connectivity index (χ3v) is 12.1. The fourth-order valence-electron chi connectivity index (χ4n) is 4.39. The van der Waals surface area contributed by atoms with Gasteiger partial charge < -0.3 is 28.8 Å². The lowest BCUT2D eigenvalue weighted by Crippen LogP contribution is -2.45. The molecule has 0 aliphatic heterocycles. The summed E-state index contributed by atoms with van der Waals surface area (Å²) in [5.41, 5.74) is 0.842. The number of aromatic hydroxyl groups is 1. The summed E-state index contributed by atoms with van der Waals surface area (Å²) in [6, 6.07) is 16.2. The molecule has 3 aromatic carbocycles. The minimum atomic E-state index is -2.10. The number of methoxy groups -OCH3 is 2. The van der Waals surface area contributed by atoms with Crippen molar-refractivity contribution < 1.29 is 33.6 Å². The van der Waals surface area contributed by atoms with Crippen LogP contribution < -0.4 is 9.47 Å². The van der Waals surface area contributed by atoms with Gasteiger partial charge in [0.1, 0.15) is 23.4 Å². The first kappa shape index (κ1) is 30.6. The van der Waals surface area contributed by atoms with Crippen LogP contribution >= 0.6 is 0 Å². The molecule has 0 amide bonds. The van der Waals surface area contributed by atoms with Gasteiger partial charge in [0.05, 0.1) is 37.9 Å². The number of aliphatic hydroxyl groups excluding tert-OH is 1. The molecule has 39 heavy (non-hydrogen) atoms. The Balaban J connectivity index is 1.99. The van der Waals surface area contributed by atoms with Gasteiger partial charge in [-0.05, 0) is 42.8 Å². The molecular weight excluding hydrogens is 512 g/mol. The smallest absolute Gasteiger partial charge is 0.198 e. The fraction of sp³-hybridized carbons (Fsp3) is 0.452. The highest BCUT2D eigenvalue weighted by atomic mass is 28.4. The topological polar surface area (TPSA) is 94.5 Å². The highest BCUT2D eigenvalue weighted by Gasteiger charge is 2.40. The molecule has 0 fully saturated rings. The number of rotatable bonds is 12. The first-order chi connectivity index (χ1) is 18.3. The summed E-state index contributed by atoms with van der Waals surface area (Å²) < 4.78 is 23.5. The van der Waals surface area contributed by atoms with Gasteiger partial charge in [0.15, 0.2) is 14.1 Å². The molecule has 7 nitrogen and oxygen atoms in total. The average molecular weight is 555 g/mol. The van der Waals surface area contributed by atoms with Gasteiger partial charge in [0, 0.05) is 17.9 Å². The largest absolute Gasteiger partial charge is 0.506 e. The number of carbonyl (C=O) groups excluding carboxylic acids is 1. The highest BCUT2D eigenvalue weighted by molar-refractivity contribution is 6.74. The molecule has 3 atom stereocenters. The van der Waals surface area contributed by atoms with E-state index in [-0.39, 0.29) is 35.5 Å². The lowest BCUT2D eigenvalue weighted by Gasteiger charge is -2.39. The van der Waals surface area contributed by atoms with Crippen LogP contribution in [0.1, 0.15) is 50.0 Å². The number of fused-ring (bicyclic) bond motifs is 1. The Labute approximate surface area is 232 Å². The van der Waals surface area contributed by atoms with Crippen LogP contribution in [0.4, 0.5) is 0 Å². The predicted octanol–water partition coefficient (Wildman–Crippen LogP) is 6.49. The molecule has 212 valence electrons. The number of hydrogen-bond acceptors (Lipinski definition) is 7. The molecule has 0 unspecified atom stereocenters. The number of phenols is 1. The Bertz CT molecular complexity index is 1270. The summed E-state index contributed by atoms with van der Waals surface area (Å²) in [6.07, 6.45) is -2.55. The van der Waals surface area contributed by atoms with Crippen molar-refractivity contribution >= 4 is 24.9 Å². The zero-order chi connectivity index (χ0) is 29.0. The van der Waals surface area contributed by atoms with Gasteiger partial charge >= 0.3 is 0 Å². The predicted molar refractivity (Wildman–Crippen MR) is 156 cm³/mol. The number of ketones is 1. The van der Waals surface area contributed by atoms with E-state index in [1.807, 2.05) is 37.3 Å². The van der Waals surface area contributed by atoms with Gasteiger partial charge in [-0.15, -0.1) is 0 Å². The monoisotopic (exact) mass is 554 g/mol. The van der Waals surface area contributed by atoms with Crippen molar-refractivity contribution in [3.8, 4) is 17.2 Å². The Morgan fingerprint density at radius 3 is 2.21 bits per heavy atom. The van der Waals surface area contributed by atoms with Crippen LogP contribution in [0.25, 0.3) is 10.8 Å². The van der Waals surface area contributed by atoms with Crippen LogP contribution in [0.2, 0.25) is 18.1 Å². The van der Waals surface area contributed by atoms with Gasteiger partial charge in [-0.2, -0.15) is 0 Å². The third-order valence-electron chi connectivity index (χ3n) is 7.52. The van der Waals surface area contributed by atoms with Gasteiger partial charge in [-0.25, -0.2) is 0 Å². The molecule has 0 aliphatic rings. The van der Waals surface area contributed by atoms with E-state index >= 15 is 0 Å². The Morgan fingerprint density at radius 2 is 1.62 bits per heavy atom. The van der Waals surface area contributed by atoms with Gasteiger partial charge in [-0.3, -0.25) is 4.79 Å². The normalized spacial score (nSPS) is 14.6. The zero-order valence-corrected chi connectivity index (χ0v) is 25.3. The zero-order valence-electron chi connectivity index (χ0n) is 24.3. The first-order valence-electron chi connectivity index (χ1n) is 13.2. The van der Waals surface area contributed by atoms with E-state index in [2.05, 4.69) is 33.9 Å². The molecule has 0 aromatic heterocycles. The Morgan fingerprint density at radius 1 is 0.974 bits per heavy atom. The van der Waals surface area contributed by atoms with E-state index in [9.17, 15) is 15.0 Å². The van der Waals surface area contributed by atoms with Crippen LogP contribution in [0.5, 0.6) is 17.2 Å². The van der Waals surface area contributed by atoms with Crippen molar-refractivity contribution in [2.24, 2.45) is 0 Å². The standard InChI is InChI=1S/C31H42O7Si/c1-20(38-39(7,8)31(2,3)4)17-24(32)30(37-19-21-13-10-9-11-14-21)29(34)23-18-26(36-6)22-15-12-16-25(35-5)27(22)28(23)33/h9-16,18,20,24,30,32-33H,17,19H2,1-8H3/t20-,24-,30-/m1/s1. The lowest BCUT2D eigenvalue weighted by atomic mass is 9.94. The van der Waals surface area contributed by atoms with Crippen molar-refractivity contribution in [1.29, 1.82) is 0 Å². The maximum Gasteiger partial charge on any atom is 0.198 e. The molecule has 8 heteroatoms. The molecule has 0 saturated carbocycles. The summed E-state index contributed by atoms with van der Waals surface area (Å²) in [5, 5.41) is 23.6. The van der Waals surface area contributed by atoms with Crippen LogP contribution in [0.15, 0.2) is 54.6 Å². The second-order valence-electron chi connectivity index (χ2n) is 11.4. The summed E-state index contributed by atoms with van der Waals surface area (Å²) in [7, 11) is 0.891. The number of carbonyl (C=O) groups is 1. The Hall–Kier alpha value is -2.91. The number of aliphatic hydroxyl groups is 1. The molecule has 3 rings (SSSR count). The van der Waals surface area contributed by atoms with E-state index in [1.54, 1.807) is 18.2 Å². The molecule has 0 saturated heterocycles. The van der Waals surface area contributed by atoms with Gasteiger partial charge in [-0.1, -0.05) is 63.2 Å². The lowest BCUT2D eigenvalue weighted by molar-refractivity contribution is -0.0431. The molecular formula is C31H42O7Si.